The SMILES string of the molecule is Sc1ccc(SC2=CC=CCC=C2)cc1. The van der Waals surface area contributed by atoms with Crippen molar-refractivity contribution in [3.63, 3.8) is 0 Å². The van der Waals surface area contributed by atoms with Gasteiger partial charge in [-0.3, -0.25) is 0 Å². The first-order valence-electron chi connectivity index (χ1n) is 4.85. The number of hydrogen-bond donors (Lipinski definition) is 1. The van der Waals surface area contributed by atoms with Crippen LogP contribution in [0.5, 0.6) is 0 Å². The third-order valence-electron chi connectivity index (χ3n) is 2.02. The highest BCUT2D eigenvalue weighted by Gasteiger charge is 1.97. The van der Waals surface area contributed by atoms with Gasteiger partial charge in [0.25, 0.3) is 0 Å². The highest BCUT2D eigenvalue weighted by atomic mass is 32.2. The zero-order valence-electron chi connectivity index (χ0n) is 8.26. The normalized spacial score (nSPS) is 14.9. The zero-order chi connectivity index (χ0) is 10.5. The van der Waals surface area contributed by atoms with Crippen molar-refractivity contribution in [1.29, 1.82) is 0 Å². The van der Waals surface area contributed by atoms with Crippen molar-refractivity contribution >= 4 is 24.4 Å². The minimum atomic E-state index is 1.00. The first-order chi connectivity index (χ1) is 7.34. The first kappa shape index (κ1) is 10.7. The molecule has 0 amide bonds. The van der Waals surface area contributed by atoms with E-state index in [9.17, 15) is 0 Å². The summed E-state index contributed by atoms with van der Waals surface area (Å²) in [5.74, 6) is 0. The molecule has 0 aliphatic heterocycles. The summed E-state index contributed by atoms with van der Waals surface area (Å²) in [4.78, 5) is 3.53. The standard InChI is InChI=1S/C13H12S2/c14-11-7-9-13(10-8-11)15-12-5-3-1-2-4-6-12/h1,3-10,14H,2H2. The molecule has 1 aliphatic rings. The topological polar surface area (TPSA) is 0 Å². The predicted octanol–water partition coefficient (Wildman–Crippen LogP) is 4.47. The number of hydrogen-bond acceptors (Lipinski definition) is 2. The van der Waals surface area contributed by atoms with E-state index in [1.54, 1.807) is 11.8 Å². The Morgan fingerprint density at radius 1 is 1.07 bits per heavy atom. The van der Waals surface area contributed by atoms with Gasteiger partial charge in [-0.05, 0) is 36.8 Å². The highest BCUT2D eigenvalue weighted by molar-refractivity contribution is 8.03. The lowest BCUT2D eigenvalue weighted by Gasteiger charge is -2.01. The van der Waals surface area contributed by atoms with Crippen LogP contribution in [0.4, 0.5) is 0 Å². The number of allylic oxidation sites excluding steroid dienone is 5. The molecule has 1 aromatic rings. The molecule has 0 radical (unpaired) electrons. The molecule has 2 heteroatoms. The molecule has 0 aromatic heterocycles. The van der Waals surface area contributed by atoms with E-state index in [0.717, 1.165) is 11.3 Å². The maximum Gasteiger partial charge on any atom is 0.0123 e. The van der Waals surface area contributed by atoms with Crippen molar-refractivity contribution in [2.24, 2.45) is 0 Å². The van der Waals surface area contributed by atoms with E-state index >= 15 is 0 Å². The molecular formula is C13H12S2. The molecule has 0 saturated heterocycles. The molecule has 0 saturated carbocycles. The quantitative estimate of drug-likeness (QED) is 0.734. The fourth-order valence-corrected chi connectivity index (χ4v) is 2.28. The summed E-state index contributed by atoms with van der Waals surface area (Å²) in [5, 5.41) is 0. The number of rotatable bonds is 2. The molecule has 2 rings (SSSR count). The van der Waals surface area contributed by atoms with Crippen molar-refractivity contribution in [3.05, 3.63) is 59.6 Å². The Bertz CT molecular complexity index is 411. The van der Waals surface area contributed by atoms with Crippen molar-refractivity contribution in [1.82, 2.24) is 0 Å². The summed E-state index contributed by atoms with van der Waals surface area (Å²) in [5.41, 5.74) is 0. The maximum atomic E-state index is 4.27. The first-order valence-corrected chi connectivity index (χ1v) is 6.11. The van der Waals surface area contributed by atoms with Crippen LogP contribution in [0, 0.1) is 0 Å². The van der Waals surface area contributed by atoms with Crippen molar-refractivity contribution in [3.8, 4) is 0 Å². The van der Waals surface area contributed by atoms with E-state index < -0.39 is 0 Å². The summed E-state index contributed by atoms with van der Waals surface area (Å²) < 4.78 is 0. The van der Waals surface area contributed by atoms with Gasteiger partial charge >= 0.3 is 0 Å². The van der Waals surface area contributed by atoms with Crippen molar-refractivity contribution < 1.29 is 0 Å². The average Bonchev–Trinajstić information content (AvgIpc) is 2.50. The molecule has 1 aromatic carbocycles. The van der Waals surface area contributed by atoms with Gasteiger partial charge in [-0.15, -0.1) is 12.6 Å². The van der Waals surface area contributed by atoms with E-state index in [0.29, 0.717) is 0 Å². The molecule has 0 N–H and O–H groups in total. The fraction of sp³-hybridized carbons (Fsp3) is 0.0769. The fourth-order valence-electron chi connectivity index (χ4n) is 1.28. The average molecular weight is 232 g/mol. The van der Waals surface area contributed by atoms with Crippen LogP contribution >= 0.6 is 24.4 Å². The van der Waals surface area contributed by atoms with Crippen LogP contribution < -0.4 is 0 Å². The van der Waals surface area contributed by atoms with Crippen LogP contribution in [-0.4, -0.2) is 0 Å². The summed E-state index contributed by atoms with van der Waals surface area (Å²) in [6.45, 7) is 0. The van der Waals surface area contributed by atoms with Gasteiger partial charge in [-0.2, -0.15) is 0 Å². The van der Waals surface area contributed by atoms with E-state index in [-0.39, 0.29) is 0 Å². The van der Waals surface area contributed by atoms with Crippen LogP contribution in [0.2, 0.25) is 0 Å². The second kappa shape index (κ2) is 5.29. The monoisotopic (exact) mass is 232 g/mol. The third-order valence-corrected chi connectivity index (χ3v) is 3.34. The van der Waals surface area contributed by atoms with Crippen LogP contribution in [0.1, 0.15) is 6.42 Å². The molecule has 0 atom stereocenters. The Hall–Kier alpha value is -0.860. The van der Waals surface area contributed by atoms with Crippen LogP contribution in [0.3, 0.4) is 0 Å². The summed E-state index contributed by atoms with van der Waals surface area (Å²) in [6, 6.07) is 8.22. The molecule has 0 spiro atoms. The summed E-state index contributed by atoms with van der Waals surface area (Å²) >= 11 is 6.04. The smallest absolute Gasteiger partial charge is 0.0123 e. The summed E-state index contributed by atoms with van der Waals surface area (Å²) in [6.07, 6.45) is 11.8. The molecular weight excluding hydrogens is 220 g/mol. The molecule has 0 nitrogen and oxygen atoms in total. The van der Waals surface area contributed by atoms with Gasteiger partial charge in [-0.25, -0.2) is 0 Å². The van der Waals surface area contributed by atoms with E-state index in [1.165, 1.54) is 9.80 Å². The van der Waals surface area contributed by atoms with Gasteiger partial charge in [-0.1, -0.05) is 36.1 Å². The van der Waals surface area contributed by atoms with Gasteiger partial charge in [0.15, 0.2) is 0 Å². The third kappa shape index (κ3) is 3.33. The molecule has 0 heterocycles. The largest absolute Gasteiger partial charge is 0.143 e. The lowest BCUT2D eigenvalue weighted by molar-refractivity contribution is 1.36. The number of thioether (sulfide) groups is 1. The molecule has 0 unspecified atom stereocenters. The van der Waals surface area contributed by atoms with Crippen molar-refractivity contribution in [2.45, 2.75) is 16.2 Å². The molecule has 76 valence electrons. The minimum absolute atomic E-state index is 1.00. The van der Waals surface area contributed by atoms with Crippen LogP contribution in [0.15, 0.2) is 69.3 Å². The van der Waals surface area contributed by atoms with Crippen molar-refractivity contribution in [2.75, 3.05) is 0 Å². The predicted molar refractivity (Wildman–Crippen MR) is 70.5 cm³/mol. The van der Waals surface area contributed by atoms with E-state index in [4.69, 9.17) is 0 Å². The Morgan fingerprint density at radius 2 is 1.87 bits per heavy atom. The second-order valence-corrected chi connectivity index (χ2v) is 4.89. The lowest BCUT2D eigenvalue weighted by Crippen LogP contribution is -1.73. The minimum Gasteiger partial charge on any atom is -0.143 e. The van der Waals surface area contributed by atoms with Gasteiger partial charge in [0.1, 0.15) is 0 Å². The Morgan fingerprint density at radius 3 is 2.67 bits per heavy atom. The zero-order valence-corrected chi connectivity index (χ0v) is 9.97. The van der Waals surface area contributed by atoms with Gasteiger partial charge < -0.3 is 0 Å². The Balaban J connectivity index is 2.11. The van der Waals surface area contributed by atoms with Crippen LogP contribution in [-0.2, 0) is 0 Å². The van der Waals surface area contributed by atoms with Gasteiger partial charge in [0.2, 0.25) is 0 Å². The second-order valence-electron chi connectivity index (χ2n) is 3.23. The van der Waals surface area contributed by atoms with E-state index in [2.05, 4.69) is 55.1 Å². The highest BCUT2D eigenvalue weighted by Crippen LogP contribution is 2.29. The number of thiol groups is 1. The molecule has 0 bridgehead atoms. The Labute approximate surface area is 100 Å². The lowest BCUT2D eigenvalue weighted by atomic mass is 10.4. The summed E-state index contributed by atoms with van der Waals surface area (Å²) in [7, 11) is 0. The van der Waals surface area contributed by atoms with Gasteiger partial charge in [0.05, 0.1) is 0 Å². The Kier molecular flexibility index (Phi) is 3.75. The van der Waals surface area contributed by atoms with Gasteiger partial charge in [0, 0.05) is 14.7 Å². The number of benzene rings is 1. The molecule has 0 fully saturated rings. The van der Waals surface area contributed by atoms with E-state index in [1.807, 2.05) is 12.1 Å². The molecule has 1 aliphatic carbocycles. The maximum absolute atomic E-state index is 4.27. The van der Waals surface area contributed by atoms with Crippen LogP contribution in [0.25, 0.3) is 0 Å². The molecule has 15 heavy (non-hydrogen) atoms.